The van der Waals surface area contributed by atoms with Gasteiger partial charge in [0.1, 0.15) is 5.60 Å². The summed E-state index contributed by atoms with van der Waals surface area (Å²) in [4.78, 5) is 9.31. The van der Waals surface area contributed by atoms with Crippen LogP contribution in [0.2, 0.25) is 0 Å². The SMILES string of the molecule is C=C(c1ccc(N(CC)CC)cc1)c1ccc(N(CC)CC)cc1.CCN(CC)c1ccc(C(C)(O)c2ccc(N(CC)CC)cc2)cc1. The summed E-state index contributed by atoms with van der Waals surface area (Å²) in [5, 5.41) is 11.1. The van der Waals surface area contributed by atoms with Crippen molar-refractivity contribution in [3.05, 3.63) is 126 Å². The average Bonchev–Trinajstić information content (AvgIpc) is 3.15. The van der Waals surface area contributed by atoms with Crippen LogP contribution in [0.25, 0.3) is 5.57 Å². The predicted molar refractivity (Wildman–Crippen MR) is 217 cm³/mol. The summed E-state index contributed by atoms with van der Waals surface area (Å²) >= 11 is 0. The third kappa shape index (κ3) is 9.92. The largest absolute Gasteiger partial charge is 0.381 e. The van der Waals surface area contributed by atoms with Crippen molar-refractivity contribution in [2.24, 2.45) is 0 Å². The Morgan fingerprint density at radius 1 is 0.429 bits per heavy atom. The molecule has 0 radical (unpaired) electrons. The second kappa shape index (κ2) is 19.1. The molecule has 5 nitrogen and oxygen atoms in total. The molecule has 49 heavy (non-hydrogen) atoms. The summed E-state index contributed by atoms with van der Waals surface area (Å²) in [5.41, 5.74) is 9.21. The van der Waals surface area contributed by atoms with Crippen LogP contribution >= 0.6 is 0 Å². The summed E-state index contributed by atoms with van der Waals surface area (Å²) < 4.78 is 0. The van der Waals surface area contributed by atoms with Gasteiger partial charge in [0.15, 0.2) is 0 Å². The van der Waals surface area contributed by atoms with Gasteiger partial charge in [-0.1, -0.05) is 55.1 Å². The highest BCUT2D eigenvalue weighted by Crippen LogP contribution is 2.32. The fourth-order valence-electron chi connectivity index (χ4n) is 6.43. The molecule has 0 heterocycles. The Labute approximate surface area is 298 Å². The zero-order valence-electron chi connectivity index (χ0n) is 31.8. The Kier molecular flexibility index (Phi) is 15.3. The number of anilines is 4. The molecular formula is C44H62N4O. The first kappa shape index (κ1) is 39.2. The monoisotopic (exact) mass is 662 g/mol. The van der Waals surface area contributed by atoms with E-state index in [1.54, 1.807) is 0 Å². The van der Waals surface area contributed by atoms with Gasteiger partial charge in [0.05, 0.1) is 0 Å². The highest BCUT2D eigenvalue weighted by Gasteiger charge is 2.26. The van der Waals surface area contributed by atoms with Crippen molar-refractivity contribution >= 4 is 28.3 Å². The number of nitrogens with zero attached hydrogens (tertiary/aromatic N) is 4. The van der Waals surface area contributed by atoms with Crippen molar-refractivity contribution < 1.29 is 5.11 Å². The zero-order valence-corrected chi connectivity index (χ0v) is 31.8. The van der Waals surface area contributed by atoms with Crippen molar-refractivity contribution in [2.45, 2.75) is 67.9 Å². The van der Waals surface area contributed by atoms with E-state index < -0.39 is 5.60 Å². The van der Waals surface area contributed by atoms with E-state index in [9.17, 15) is 5.11 Å². The van der Waals surface area contributed by atoms with Crippen LogP contribution in [-0.2, 0) is 5.60 Å². The first-order valence-electron chi connectivity index (χ1n) is 18.4. The number of hydrogen-bond acceptors (Lipinski definition) is 5. The maximum atomic E-state index is 11.1. The second-order valence-electron chi connectivity index (χ2n) is 12.4. The summed E-state index contributed by atoms with van der Waals surface area (Å²) in [5.74, 6) is 0. The molecular weight excluding hydrogens is 601 g/mol. The van der Waals surface area contributed by atoms with Gasteiger partial charge < -0.3 is 24.7 Å². The van der Waals surface area contributed by atoms with E-state index in [4.69, 9.17) is 0 Å². The van der Waals surface area contributed by atoms with Gasteiger partial charge >= 0.3 is 0 Å². The van der Waals surface area contributed by atoms with E-state index in [-0.39, 0.29) is 0 Å². The zero-order chi connectivity index (χ0) is 36.0. The molecule has 4 aromatic carbocycles. The predicted octanol–water partition coefficient (Wildman–Crippen LogP) is 10.1. The Bertz CT molecular complexity index is 1400. The van der Waals surface area contributed by atoms with Crippen molar-refractivity contribution in [3.8, 4) is 0 Å². The quantitative estimate of drug-likeness (QED) is 0.129. The van der Waals surface area contributed by atoms with Crippen LogP contribution in [0.1, 0.15) is 84.6 Å². The molecule has 1 N–H and O–H groups in total. The Morgan fingerprint density at radius 2 is 0.633 bits per heavy atom. The molecule has 0 aliphatic carbocycles. The van der Waals surface area contributed by atoms with Gasteiger partial charge in [0.2, 0.25) is 0 Å². The molecule has 0 bridgehead atoms. The number of hydrogen-bond donors (Lipinski definition) is 1. The average molecular weight is 663 g/mol. The summed E-state index contributed by atoms with van der Waals surface area (Å²) in [7, 11) is 0. The summed E-state index contributed by atoms with van der Waals surface area (Å²) in [6.45, 7) is 31.6. The van der Waals surface area contributed by atoms with E-state index in [0.29, 0.717) is 0 Å². The van der Waals surface area contributed by atoms with Crippen molar-refractivity contribution in [2.75, 3.05) is 72.0 Å². The van der Waals surface area contributed by atoms with Crippen LogP contribution in [0.4, 0.5) is 22.7 Å². The van der Waals surface area contributed by atoms with Gasteiger partial charge in [-0.2, -0.15) is 0 Å². The lowest BCUT2D eigenvalue weighted by atomic mass is 9.88. The van der Waals surface area contributed by atoms with Gasteiger partial charge in [-0.15, -0.1) is 0 Å². The van der Waals surface area contributed by atoms with Crippen LogP contribution in [-0.4, -0.2) is 57.5 Å². The van der Waals surface area contributed by atoms with Crippen molar-refractivity contribution in [1.82, 2.24) is 0 Å². The highest BCUT2D eigenvalue weighted by atomic mass is 16.3. The first-order valence-corrected chi connectivity index (χ1v) is 18.4. The number of aliphatic hydroxyl groups is 1. The lowest BCUT2D eigenvalue weighted by molar-refractivity contribution is 0.102. The standard InChI is InChI=1S/C22H32N2O.C22H30N2/c1-6-23(7-2)20-14-10-18(11-15-20)22(5,25)19-12-16-21(17-13-19)24(8-3)9-4;1-6-23(7-2)21-14-10-19(11-15-21)18(5)20-12-16-22(17-13-20)24(8-3)9-4/h10-17,25H,6-9H2,1-5H3;10-17H,5-9H2,1-4H3. The minimum absolute atomic E-state index is 0.916. The van der Waals surface area contributed by atoms with Crippen LogP contribution in [0.3, 0.4) is 0 Å². The van der Waals surface area contributed by atoms with Gasteiger partial charge in [-0.05, 0) is 139 Å². The number of rotatable bonds is 16. The minimum Gasteiger partial charge on any atom is -0.381 e. The van der Waals surface area contributed by atoms with E-state index in [1.165, 1.54) is 33.9 Å². The van der Waals surface area contributed by atoms with Crippen LogP contribution < -0.4 is 19.6 Å². The highest BCUT2D eigenvalue weighted by molar-refractivity contribution is 5.79. The Hall–Kier alpha value is -4.22. The molecule has 0 aliphatic rings. The summed E-state index contributed by atoms with van der Waals surface area (Å²) in [6, 6.07) is 34.0. The third-order valence-corrected chi connectivity index (χ3v) is 9.80. The third-order valence-electron chi connectivity index (χ3n) is 9.80. The smallest absolute Gasteiger partial charge is 0.112 e. The number of benzene rings is 4. The van der Waals surface area contributed by atoms with Crippen LogP contribution in [0.15, 0.2) is 104 Å². The van der Waals surface area contributed by atoms with E-state index in [1.807, 2.05) is 31.2 Å². The molecule has 0 aromatic heterocycles. The van der Waals surface area contributed by atoms with Crippen LogP contribution in [0.5, 0.6) is 0 Å². The molecule has 4 rings (SSSR count). The topological polar surface area (TPSA) is 33.2 Å². The minimum atomic E-state index is -0.996. The molecule has 0 unspecified atom stereocenters. The molecule has 4 aromatic rings. The van der Waals surface area contributed by atoms with Gasteiger partial charge in [0.25, 0.3) is 0 Å². The van der Waals surface area contributed by atoms with Gasteiger partial charge in [0, 0.05) is 75.1 Å². The van der Waals surface area contributed by atoms with Crippen LogP contribution in [0, 0.1) is 0 Å². The lowest BCUT2D eigenvalue weighted by Crippen LogP contribution is -2.25. The van der Waals surface area contributed by atoms with Gasteiger partial charge in [-0.25, -0.2) is 0 Å². The van der Waals surface area contributed by atoms with E-state index in [2.05, 4.69) is 154 Å². The normalized spacial score (nSPS) is 11.0. The Balaban J connectivity index is 0.000000266. The fraction of sp³-hybridized carbons (Fsp3) is 0.409. The maximum absolute atomic E-state index is 11.1. The lowest BCUT2D eigenvalue weighted by Gasteiger charge is -2.27. The maximum Gasteiger partial charge on any atom is 0.112 e. The fourth-order valence-corrected chi connectivity index (χ4v) is 6.43. The molecule has 0 saturated heterocycles. The Morgan fingerprint density at radius 3 is 0.837 bits per heavy atom. The first-order chi connectivity index (χ1) is 23.6. The van der Waals surface area contributed by atoms with E-state index in [0.717, 1.165) is 69.1 Å². The van der Waals surface area contributed by atoms with Crippen molar-refractivity contribution in [3.63, 3.8) is 0 Å². The molecule has 0 amide bonds. The van der Waals surface area contributed by atoms with Gasteiger partial charge in [-0.3, -0.25) is 0 Å². The summed E-state index contributed by atoms with van der Waals surface area (Å²) in [6.07, 6.45) is 0. The molecule has 0 atom stereocenters. The molecule has 264 valence electrons. The van der Waals surface area contributed by atoms with E-state index >= 15 is 0 Å². The molecule has 0 aliphatic heterocycles. The molecule has 5 heteroatoms. The van der Waals surface area contributed by atoms with Crippen molar-refractivity contribution in [1.29, 1.82) is 0 Å². The second-order valence-corrected chi connectivity index (χ2v) is 12.4. The molecule has 0 fully saturated rings. The molecule has 0 saturated carbocycles. The molecule has 0 spiro atoms.